The van der Waals surface area contributed by atoms with Gasteiger partial charge in [0.2, 0.25) is 5.91 Å². The predicted octanol–water partition coefficient (Wildman–Crippen LogP) is 7.94. The van der Waals surface area contributed by atoms with Crippen molar-refractivity contribution in [2.24, 2.45) is 4.99 Å². The van der Waals surface area contributed by atoms with Gasteiger partial charge in [-0.2, -0.15) is 0 Å². The number of piperazine rings is 1. The molecular formula is C40H36ClN7O2S. The molecule has 1 fully saturated rings. The maximum Gasteiger partial charge on any atom is 0.254 e. The Morgan fingerprint density at radius 1 is 0.922 bits per heavy atom. The zero-order chi connectivity index (χ0) is 35.6. The second-order valence-electron chi connectivity index (χ2n) is 13.0. The zero-order valence-corrected chi connectivity index (χ0v) is 30.3. The van der Waals surface area contributed by atoms with Gasteiger partial charge in [-0.25, -0.2) is 0 Å². The number of benzene rings is 3. The van der Waals surface area contributed by atoms with Crippen molar-refractivity contribution in [3.63, 3.8) is 0 Å². The van der Waals surface area contributed by atoms with Gasteiger partial charge in [-0.15, -0.1) is 21.5 Å². The molecule has 0 saturated carbocycles. The van der Waals surface area contributed by atoms with Gasteiger partial charge < -0.3 is 9.80 Å². The maximum atomic E-state index is 14.1. The Balaban J connectivity index is 1.06. The number of hydrogen-bond acceptors (Lipinski definition) is 7. The molecule has 5 heterocycles. The number of halogens is 1. The van der Waals surface area contributed by atoms with Crippen molar-refractivity contribution >= 4 is 68.0 Å². The van der Waals surface area contributed by atoms with E-state index in [2.05, 4.69) is 52.7 Å². The number of aromatic nitrogens is 4. The van der Waals surface area contributed by atoms with Crippen molar-refractivity contribution < 1.29 is 9.59 Å². The summed E-state index contributed by atoms with van der Waals surface area (Å²) in [7, 11) is 0. The van der Waals surface area contributed by atoms with Crippen LogP contribution in [0.2, 0.25) is 5.02 Å². The molecule has 1 saturated heterocycles. The van der Waals surface area contributed by atoms with Crippen molar-refractivity contribution in [3.8, 4) is 5.00 Å². The van der Waals surface area contributed by atoms with Crippen LogP contribution in [0.4, 0.5) is 0 Å². The van der Waals surface area contributed by atoms with E-state index in [1.54, 1.807) is 15.9 Å². The van der Waals surface area contributed by atoms with E-state index in [9.17, 15) is 9.59 Å². The van der Waals surface area contributed by atoms with Gasteiger partial charge in [-0.05, 0) is 56.7 Å². The number of nitrogens with zero attached hydrogens (tertiary/aromatic N) is 7. The molecule has 51 heavy (non-hydrogen) atoms. The van der Waals surface area contributed by atoms with E-state index in [1.165, 1.54) is 11.0 Å². The molecule has 3 aromatic carbocycles. The van der Waals surface area contributed by atoms with Gasteiger partial charge in [-0.1, -0.05) is 67.2 Å². The van der Waals surface area contributed by atoms with E-state index in [0.717, 1.165) is 66.3 Å². The second kappa shape index (κ2) is 12.8. The standard InChI is InChI=1S/C40H36ClN7O2S/c1-6-34(49)48-32-12-8-7-10-30(32)37-29(11-9-13-33(37)48)24(3)45-18-20-46(21-19-45)35(50)22-31-39-44-43-26(5)47(39)40-36(23(2)25(4)51-40)38(42-31)27-14-16-28(41)17-15-27/h6-17,31H,1,3,18-22H2,2,4-5H3/t31-/m0/s1. The van der Waals surface area contributed by atoms with Gasteiger partial charge in [0.1, 0.15) is 16.9 Å². The van der Waals surface area contributed by atoms with Gasteiger partial charge in [0.25, 0.3) is 5.91 Å². The van der Waals surface area contributed by atoms with Crippen molar-refractivity contribution in [1.29, 1.82) is 0 Å². The number of carbonyl (C=O) groups excluding carboxylic acids is 2. The van der Waals surface area contributed by atoms with Gasteiger partial charge in [-0.3, -0.25) is 23.7 Å². The van der Waals surface area contributed by atoms with Crippen LogP contribution in [0.1, 0.15) is 56.0 Å². The van der Waals surface area contributed by atoms with Gasteiger partial charge in [0.05, 0.1) is 23.2 Å². The molecule has 6 aromatic rings. The molecule has 0 unspecified atom stereocenters. The molecule has 2 aliphatic rings. The lowest BCUT2D eigenvalue weighted by atomic mass is 9.99. The monoisotopic (exact) mass is 713 g/mol. The lowest BCUT2D eigenvalue weighted by molar-refractivity contribution is -0.132. The average Bonchev–Trinajstić information content (AvgIpc) is 3.76. The summed E-state index contributed by atoms with van der Waals surface area (Å²) in [4.78, 5) is 37.7. The largest absolute Gasteiger partial charge is 0.368 e. The Morgan fingerprint density at radius 2 is 1.63 bits per heavy atom. The highest BCUT2D eigenvalue weighted by Crippen LogP contribution is 2.40. The third kappa shape index (κ3) is 5.41. The fraction of sp³-hybridized carbons (Fsp3) is 0.225. The molecule has 1 atom stereocenters. The summed E-state index contributed by atoms with van der Waals surface area (Å²) in [6.07, 6.45) is 1.51. The molecule has 9 nitrogen and oxygen atoms in total. The van der Waals surface area contributed by atoms with Crippen molar-refractivity contribution in [2.45, 2.75) is 33.2 Å². The number of para-hydroxylation sites is 1. The zero-order valence-electron chi connectivity index (χ0n) is 28.7. The molecule has 3 aromatic heterocycles. The van der Waals surface area contributed by atoms with Crippen LogP contribution in [0.3, 0.4) is 0 Å². The van der Waals surface area contributed by atoms with E-state index < -0.39 is 6.04 Å². The minimum Gasteiger partial charge on any atom is -0.368 e. The molecule has 0 aliphatic carbocycles. The molecule has 1 amide bonds. The first-order valence-corrected chi connectivity index (χ1v) is 18.1. The van der Waals surface area contributed by atoms with Crippen LogP contribution >= 0.6 is 22.9 Å². The van der Waals surface area contributed by atoms with Crippen LogP contribution < -0.4 is 0 Å². The summed E-state index contributed by atoms with van der Waals surface area (Å²) >= 11 is 7.97. The Kier molecular flexibility index (Phi) is 8.23. The fourth-order valence-corrected chi connectivity index (χ4v) is 8.75. The summed E-state index contributed by atoms with van der Waals surface area (Å²) in [5.41, 5.74) is 7.44. The van der Waals surface area contributed by atoms with E-state index in [4.69, 9.17) is 16.6 Å². The first-order chi connectivity index (χ1) is 24.7. The van der Waals surface area contributed by atoms with Crippen LogP contribution in [-0.4, -0.2) is 72.8 Å². The quantitative estimate of drug-likeness (QED) is 0.164. The first kappa shape index (κ1) is 32.9. The minimum absolute atomic E-state index is 0.0166. The highest BCUT2D eigenvalue weighted by atomic mass is 35.5. The molecular weight excluding hydrogens is 678 g/mol. The Morgan fingerprint density at radius 3 is 2.37 bits per heavy atom. The summed E-state index contributed by atoms with van der Waals surface area (Å²) in [5, 5.41) is 12.7. The molecule has 0 bridgehead atoms. The number of aliphatic imine (C=N–C) groups is 1. The van der Waals surface area contributed by atoms with Crippen LogP contribution in [0, 0.1) is 20.8 Å². The normalized spacial score (nSPS) is 15.8. The topological polar surface area (TPSA) is 88.6 Å². The van der Waals surface area contributed by atoms with Crippen LogP contribution in [0.25, 0.3) is 32.5 Å². The van der Waals surface area contributed by atoms with Gasteiger partial charge in [0.15, 0.2) is 5.82 Å². The smallest absolute Gasteiger partial charge is 0.254 e. The second-order valence-corrected chi connectivity index (χ2v) is 14.7. The van der Waals surface area contributed by atoms with E-state index in [-0.39, 0.29) is 18.2 Å². The highest BCUT2D eigenvalue weighted by molar-refractivity contribution is 7.15. The molecule has 2 aliphatic heterocycles. The average molecular weight is 714 g/mol. The molecule has 8 rings (SSSR count). The van der Waals surface area contributed by atoms with Crippen molar-refractivity contribution in [1.82, 2.24) is 29.1 Å². The SMILES string of the molecule is C=CC(=O)n1c2ccccc2c2c(C(=C)N3CCN(C(=O)C[C@@H]4N=C(c5ccc(Cl)cc5)c5c(sc(C)c5C)-n5c(C)nnc54)CC3)cccc21. The summed E-state index contributed by atoms with van der Waals surface area (Å²) in [5.74, 6) is 1.27. The lowest BCUT2D eigenvalue weighted by Crippen LogP contribution is -2.48. The number of carbonyl (C=O) groups is 2. The molecule has 11 heteroatoms. The van der Waals surface area contributed by atoms with Crippen molar-refractivity contribution in [2.75, 3.05) is 26.2 Å². The summed E-state index contributed by atoms with van der Waals surface area (Å²) in [6.45, 7) is 16.8. The number of thiophene rings is 1. The maximum absolute atomic E-state index is 14.1. The number of fused-ring (bicyclic) bond motifs is 6. The predicted molar refractivity (Wildman–Crippen MR) is 205 cm³/mol. The number of allylic oxidation sites excluding steroid dienone is 1. The minimum atomic E-state index is -0.523. The van der Waals surface area contributed by atoms with E-state index in [0.29, 0.717) is 37.0 Å². The molecule has 0 spiro atoms. The highest BCUT2D eigenvalue weighted by Gasteiger charge is 2.34. The Hall–Kier alpha value is -5.32. The van der Waals surface area contributed by atoms with Gasteiger partial charge in [0, 0.05) is 69.2 Å². The van der Waals surface area contributed by atoms with E-state index >= 15 is 0 Å². The first-order valence-electron chi connectivity index (χ1n) is 16.9. The third-order valence-electron chi connectivity index (χ3n) is 10.1. The van der Waals surface area contributed by atoms with Crippen LogP contribution in [0.5, 0.6) is 0 Å². The van der Waals surface area contributed by atoms with Gasteiger partial charge >= 0.3 is 0 Å². The number of rotatable bonds is 6. The fourth-order valence-electron chi connectivity index (χ4n) is 7.41. The van der Waals surface area contributed by atoms with E-state index in [1.807, 2.05) is 72.5 Å². The molecule has 0 radical (unpaired) electrons. The van der Waals surface area contributed by atoms with Crippen LogP contribution in [0.15, 0.2) is 91.0 Å². The molecule has 256 valence electrons. The van der Waals surface area contributed by atoms with Crippen molar-refractivity contribution in [3.05, 3.63) is 130 Å². The Labute approximate surface area is 304 Å². The van der Waals surface area contributed by atoms with Crippen LogP contribution in [-0.2, 0) is 4.79 Å². The molecule has 0 N–H and O–H groups in total. The summed E-state index contributed by atoms with van der Waals surface area (Å²) < 4.78 is 3.79. The number of hydrogen-bond donors (Lipinski definition) is 0. The number of amides is 1. The third-order valence-corrected chi connectivity index (χ3v) is 11.6. The Bertz CT molecular complexity index is 2440. The lowest BCUT2D eigenvalue weighted by Gasteiger charge is -2.37. The summed E-state index contributed by atoms with van der Waals surface area (Å²) in [6, 6.07) is 21.1. The number of aryl methyl sites for hydroxylation is 2.